The number of aromatic nitrogens is 2. The van der Waals surface area contributed by atoms with E-state index in [1.807, 2.05) is 12.1 Å². The number of anilines is 1. The third-order valence-corrected chi connectivity index (χ3v) is 4.22. The number of nitrogens with zero attached hydrogens (tertiary/aromatic N) is 2. The molecule has 0 aliphatic rings. The quantitative estimate of drug-likeness (QED) is 0.529. The molecule has 130 valence electrons. The Hall–Kier alpha value is -3.13. The topological polar surface area (TPSA) is 90.4 Å². The van der Waals surface area contributed by atoms with Crippen LogP contribution in [0.3, 0.4) is 0 Å². The maximum Gasteiger partial charge on any atom is 0.322 e. The fraction of sp³-hybridized carbons (Fsp3) is 0.0556. The molecule has 0 saturated carbocycles. The maximum absolute atomic E-state index is 12.2. The molecule has 0 aliphatic carbocycles. The monoisotopic (exact) mass is 413 g/mol. The van der Waals surface area contributed by atoms with Crippen LogP contribution in [0.4, 0.5) is 6.01 Å². The summed E-state index contributed by atoms with van der Waals surface area (Å²) in [4.78, 5) is 12.2. The third-order valence-electron chi connectivity index (χ3n) is 3.69. The van der Waals surface area contributed by atoms with Crippen LogP contribution in [-0.4, -0.2) is 23.2 Å². The Morgan fingerprint density at radius 3 is 2.69 bits per heavy atom. The van der Waals surface area contributed by atoms with E-state index in [9.17, 15) is 4.79 Å². The lowest BCUT2D eigenvalue weighted by atomic mass is 10.2. The van der Waals surface area contributed by atoms with E-state index in [2.05, 4.69) is 31.4 Å². The van der Waals surface area contributed by atoms with Gasteiger partial charge in [-0.1, -0.05) is 33.2 Å². The number of furan rings is 1. The number of rotatable bonds is 4. The predicted molar refractivity (Wildman–Crippen MR) is 98.2 cm³/mol. The van der Waals surface area contributed by atoms with Crippen LogP contribution in [0.5, 0.6) is 5.75 Å². The van der Waals surface area contributed by atoms with E-state index in [0.29, 0.717) is 22.7 Å². The van der Waals surface area contributed by atoms with Gasteiger partial charge in [-0.2, -0.15) is 0 Å². The van der Waals surface area contributed by atoms with E-state index in [1.165, 1.54) is 0 Å². The molecule has 0 bridgehead atoms. The number of hydrogen-bond acceptors (Lipinski definition) is 6. The average molecular weight is 414 g/mol. The Kier molecular flexibility index (Phi) is 4.18. The maximum atomic E-state index is 12.2. The summed E-state index contributed by atoms with van der Waals surface area (Å²) in [5.41, 5.74) is 1.06. The van der Waals surface area contributed by atoms with Gasteiger partial charge < -0.3 is 13.6 Å². The molecule has 0 unspecified atom stereocenters. The van der Waals surface area contributed by atoms with E-state index in [1.54, 1.807) is 43.5 Å². The van der Waals surface area contributed by atoms with Crippen molar-refractivity contribution < 1.29 is 18.4 Å². The summed E-state index contributed by atoms with van der Waals surface area (Å²) < 4.78 is 17.4. The molecule has 26 heavy (non-hydrogen) atoms. The van der Waals surface area contributed by atoms with Gasteiger partial charge in [0.05, 0.1) is 7.11 Å². The highest BCUT2D eigenvalue weighted by atomic mass is 79.9. The summed E-state index contributed by atoms with van der Waals surface area (Å²) in [6.07, 6.45) is 0. The molecule has 8 heteroatoms. The van der Waals surface area contributed by atoms with Gasteiger partial charge in [-0.3, -0.25) is 10.1 Å². The molecule has 4 aromatic rings. The second kappa shape index (κ2) is 6.64. The lowest BCUT2D eigenvalue weighted by Crippen LogP contribution is -2.11. The van der Waals surface area contributed by atoms with Crippen LogP contribution < -0.4 is 10.1 Å². The zero-order valence-electron chi connectivity index (χ0n) is 13.5. The van der Waals surface area contributed by atoms with E-state index in [4.69, 9.17) is 13.6 Å². The van der Waals surface area contributed by atoms with Crippen LogP contribution in [-0.2, 0) is 0 Å². The van der Waals surface area contributed by atoms with Gasteiger partial charge in [0.15, 0.2) is 17.1 Å². The first-order valence-electron chi connectivity index (χ1n) is 7.61. The lowest BCUT2D eigenvalue weighted by molar-refractivity contribution is 0.102. The molecule has 0 atom stereocenters. The number of para-hydroxylation sites is 1. The summed E-state index contributed by atoms with van der Waals surface area (Å²) in [5.74, 6) is 0.812. The molecule has 4 rings (SSSR count). The Balaban J connectivity index is 1.58. The number of benzene rings is 2. The van der Waals surface area contributed by atoms with Gasteiger partial charge in [-0.15, -0.1) is 5.10 Å². The third kappa shape index (κ3) is 3.06. The average Bonchev–Trinajstić information content (AvgIpc) is 3.28. The minimum atomic E-state index is -0.348. The van der Waals surface area contributed by atoms with Gasteiger partial charge in [0, 0.05) is 15.4 Å². The van der Waals surface area contributed by atoms with Gasteiger partial charge in [0.1, 0.15) is 0 Å². The van der Waals surface area contributed by atoms with Crippen molar-refractivity contribution in [2.24, 2.45) is 0 Å². The van der Waals surface area contributed by atoms with E-state index in [-0.39, 0.29) is 17.8 Å². The molecule has 0 radical (unpaired) electrons. The lowest BCUT2D eigenvalue weighted by Gasteiger charge is -2.00. The Morgan fingerprint density at radius 2 is 1.92 bits per heavy atom. The Morgan fingerprint density at radius 1 is 1.12 bits per heavy atom. The number of fused-ring (bicyclic) bond motifs is 1. The standard InChI is InChI=1S/C18H12BrN3O4/c1-24-13-4-2-3-11-9-14(25-15(11)13)17-21-22-18(26-17)20-16(23)10-5-7-12(19)8-6-10/h2-9H,1H3,(H,20,22,23). The molecular weight excluding hydrogens is 402 g/mol. The van der Waals surface area contributed by atoms with Gasteiger partial charge in [0.25, 0.3) is 11.8 Å². The van der Waals surface area contributed by atoms with Gasteiger partial charge in [-0.25, -0.2) is 0 Å². The van der Waals surface area contributed by atoms with E-state index in [0.717, 1.165) is 9.86 Å². The van der Waals surface area contributed by atoms with Crippen molar-refractivity contribution in [1.82, 2.24) is 10.2 Å². The smallest absolute Gasteiger partial charge is 0.322 e. The van der Waals surface area contributed by atoms with E-state index >= 15 is 0 Å². The molecule has 0 saturated heterocycles. The zero-order chi connectivity index (χ0) is 18.1. The molecule has 7 nitrogen and oxygen atoms in total. The highest BCUT2D eigenvalue weighted by Crippen LogP contribution is 2.33. The van der Waals surface area contributed by atoms with Crippen molar-refractivity contribution in [3.05, 3.63) is 58.6 Å². The molecule has 0 fully saturated rings. The molecule has 2 aromatic heterocycles. The zero-order valence-corrected chi connectivity index (χ0v) is 15.1. The fourth-order valence-corrected chi connectivity index (χ4v) is 2.71. The summed E-state index contributed by atoms with van der Waals surface area (Å²) in [5, 5.41) is 11.2. The van der Waals surface area contributed by atoms with Crippen molar-refractivity contribution in [2.45, 2.75) is 0 Å². The number of amides is 1. The first-order valence-corrected chi connectivity index (χ1v) is 8.40. The van der Waals surface area contributed by atoms with Crippen LogP contribution in [0.1, 0.15) is 10.4 Å². The van der Waals surface area contributed by atoms with Crippen molar-refractivity contribution in [2.75, 3.05) is 12.4 Å². The van der Waals surface area contributed by atoms with Gasteiger partial charge in [0.2, 0.25) is 0 Å². The summed E-state index contributed by atoms with van der Waals surface area (Å²) in [7, 11) is 1.57. The second-order valence-corrected chi connectivity index (χ2v) is 6.28. The van der Waals surface area contributed by atoms with Crippen molar-refractivity contribution in [3.63, 3.8) is 0 Å². The highest BCUT2D eigenvalue weighted by Gasteiger charge is 2.17. The molecule has 0 spiro atoms. The number of halogens is 1. The number of hydrogen-bond donors (Lipinski definition) is 1. The first kappa shape index (κ1) is 16.3. The second-order valence-electron chi connectivity index (χ2n) is 5.36. The molecular formula is C18H12BrN3O4. The number of carbonyl (C=O) groups is 1. The molecule has 1 amide bonds. The van der Waals surface area contributed by atoms with Crippen LogP contribution >= 0.6 is 15.9 Å². The molecule has 1 N–H and O–H groups in total. The summed E-state index contributed by atoms with van der Waals surface area (Å²) in [6, 6.07) is 14.2. The normalized spacial score (nSPS) is 10.8. The first-order chi connectivity index (χ1) is 12.6. The Bertz CT molecular complexity index is 1090. The summed E-state index contributed by atoms with van der Waals surface area (Å²) >= 11 is 3.32. The molecule has 2 aromatic carbocycles. The SMILES string of the molecule is COc1cccc2cc(-c3nnc(NC(=O)c4ccc(Br)cc4)o3)oc12. The van der Waals surface area contributed by atoms with Crippen LogP contribution in [0.25, 0.3) is 22.6 Å². The number of methoxy groups -OCH3 is 1. The van der Waals surface area contributed by atoms with Gasteiger partial charge >= 0.3 is 6.01 Å². The van der Waals surface area contributed by atoms with Crippen molar-refractivity contribution >= 4 is 38.8 Å². The number of carbonyl (C=O) groups excluding carboxylic acids is 1. The number of ether oxygens (including phenoxy) is 1. The van der Waals surface area contributed by atoms with Crippen molar-refractivity contribution in [1.29, 1.82) is 0 Å². The largest absolute Gasteiger partial charge is 0.493 e. The fourth-order valence-electron chi connectivity index (χ4n) is 2.45. The number of nitrogens with one attached hydrogen (secondary N) is 1. The predicted octanol–water partition coefficient (Wildman–Crippen LogP) is 4.51. The van der Waals surface area contributed by atoms with Crippen LogP contribution in [0, 0.1) is 0 Å². The van der Waals surface area contributed by atoms with E-state index < -0.39 is 0 Å². The van der Waals surface area contributed by atoms with Crippen molar-refractivity contribution in [3.8, 4) is 17.4 Å². The summed E-state index contributed by atoms with van der Waals surface area (Å²) in [6.45, 7) is 0. The van der Waals surface area contributed by atoms with Crippen LogP contribution in [0.15, 0.2) is 61.8 Å². The highest BCUT2D eigenvalue weighted by molar-refractivity contribution is 9.10. The Labute approximate surface area is 156 Å². The van der Waals surface area contributed by atoms with Gasteiger partial charge in [-0.05, 0) is 36.4 Å². The molecule has 2 heterocycles. The van der Waals surface area contributed by atoms with Crippen LogP contribution in [0.2, 0.25) is 0 Å². The minimum Gasteiger partial charge on any atom is -0.493 e. The minimum absolute atomic E-state index is 0.0136. The molecule has 0 aliphatic heterocycles.